The van der Waals surface area contributed by atoms with E-state index in [0.29, 0.717) is 19.6 Å². The molecule has 2 fully saturated rings. The first-order valence-electron chi connectivity index (χ1n) is 7.54. The summed E-state index contributed by atoms with van der Waals surface area (Å²) < 4.78 is 0. The Hall–Kier alpha value is -2.51. The molecule has 0 saturated carbocycles. The second-order valence-electron chi connectivity index (χ2n) is 5.75. The molecule has 1 unspecified atom stereocenters. The van der Waals surface area contributed by atoms with Gasteiger partial charge < -0.3 is 9.74 Å². The van der Waals surface area contributed by atoms with Gasteiger partial charge in [-0.05, 0) is 11.6 Å². The highest BCUT2D eigenvalue weighted by molar-refractivity contribution is 6.32. The highest BCUT2D eigenvalue weighted by atomic mass is 16.7. The van der Waals surface area contributed by atoms with Crippen LogP contribution >= 0.6 is 0 Å². The number of para-hydroxylation sites is 1. The predicted molar refractivity (Wildman–Crippen MR) is 81.7 cm³/mol. The zero-order valence-electron chi connectivity index (χ0n) is 12.4. The van der Waals surface area contributed by atoms with Crippen LogP contribution in [0, 0.1) is 0 Å². The summed E-state index contributed by atoms with van der Waals surface area (Å²) in [6.07, 6.45) is 1.50. The van der Waals surface area contributed by atoms with Crippen LogP contribution in [-0.2, 0) is 21.0 Å². The highest BCUT2D eigenvalue weighted by Gasteiger charge is 2.39. The van der Waals surface area contributed by atoms with Gasteiger partial charge in [0, 0.05) is 37.8 Å². The number of piperazine rings is 1. The van der Waals surface area contributed by atoms with Crippen LogP contribution in [0.1, 0.15) is 5.56 Å². The van der Waals surface area contributed by atoms with Gasteiger partial charge in [-0.3, -0.25) is 14.7 Å². The number of nitrogens with zero attached hydrogens (tertiary/aromatic N) is 3. The quantitative estimate of drug-likeness (QED) is 0.802. The lowest BCUT2D eigenvalue weighted by Crippen LogP contribution is -2.65. The van der Waals surface area contributed by atoms with Crippen LogP contribution in [-0.4, -0.2) is 52.5 Å². The van der Waals surface area contributed by atoms with E-state index in [1.807, 2.05) is 24.3 Å². The number of hydroxylamine groups is 1. The van der Waals surface area contributed by atoms with Gasteiger partial charge in [0.15, 0.2) is 0 Å². The second kappa shape index (κ2) is 5.60. The van der Waals surface area contributed by atoms with Gasteiger partial charge in [0.05, 0.1) is 5.52 Å². The molecule has 1 N–H and O–H groups in total. The number of amides is 1. The van der Waals surface area contributed by atoms with Crippen molar-refractivity contribution in [2.45, 2.75) is 12.7 Å². The summed E-state index contributed by atoms with van der Waals surface area (Å²) in [5.74, 6) is -1.41. The summed E-state index contributed by atoms with van der Waals surface area (Å²) in [6.45, 7) is 2.55. The molecule has 7 heteroatoms. The molecule has 118 valence electrons. The van der Waals surface area contributed by atoms with E-state index < -0.39 is 11.9 Å². The molecule has 0 bridgehead atoms. The number of hydrogen-bond acceptors (Lipinski definition) is 6. The minimum absolute atomic E-state index is 0.295. The van der Waals surface area contributed by atoms with E-state index >= 15 is 0 Å². The Morgan fingerprint density at radius 3 is 3.00 bits per heavy atom. The van der Waals surface area contributed by atoms with Gasteiger partial charge in [-0.15, -0.1) is 5.48 Å². The number of rotatable bonds is 2. The minimum atomic E-state index is -0.840. The minimum Gasteiger partial charge on any atom is -0.361 e. The number of hydrogen-bond donors (Lipinski definition) is 1. The van der Waals surface area contributed by atoms with E-state index in [1.54, 1.807) is 6.20 Å². The number of carbonyl (C=O) groups is 2. The fourth-order valence-corrected chi connectivity index (χ4v) is 3.15. The van der Waals surface area contributed by atoms with Crippen LogP contribution in [0.2, 0.25) is 0 Å². The van der Waals surface area contributed by atoms with E-state index in [1.165, 1.54) is 4.90 Å². The molecule has 23 heavy (non-hydrogen) atoms. The normalized spacial score (nSPS) is 22.1. The Kier molecular flexibility index (Phi) is 3.44. The third kappa shape index (κ3) is 2.54. The van der Waals surface area contributed by atoms with Crippen molar-refractivity contribution in [1.29, 1.82) is 0 Å². The van der Waals surface area contributed by atoms with E-state index in [-0.39, 0.29) is 6.17 Å². The molecular formula is C16H16N4O3. The molecular weight excluding hydrogens is 296 g/mol. The van der Waals surface area contributed by atoms with Gasteiger partial charge in [0.2, 0.25) is 0 Å². The molecule has 1 aromatic carbocycles. The summed E-state index contributed by atoms with van der Waals surface area (Å²) in [5.41, 5.74) is 4.80. The van der Waals surface area contributed by atoms with Crippen molar-refractivity contribution in [2.75, 3.05) is 19.6 Å². The highest BCUT2D eigenvalue weighted by Crippen LogP contribution is 2.20. The molecule has 3 heterocycles. The summed E-state index contributed by atoms with van der Waals surface area (Å²) in [4.78, 5) is 36.0. The van der Waals surface area contributed by atoms with Gasteiger partial charge in [0.1, 0.15) is 6.17 Å². The van der Waals surface area contributed by atoms with Crippen LogP contribution < -0.4 is 5.48 Å². The largest absolute Gasteiger partial charge is 0.415 e. The van der Waals surface area contributed by atoms with E-state index in [2.05, 4.69) is 21.4 Å². The third-order valence-electron chi connectivity index (χ3n) is 4.30. The van der Waals surface area contributed by atoms with Gasteiger partial charge in [0.25, 0.3) is 0 Å². The van der Waals surface area contributed by atoms with Crippen LogP contribution in [0.25, 0.3) is 10.9 Å². The van der Waals surface area contributed by atoms with Crippen LogP contribution in [0.15, 0.2) is 36.5 Å². The molecule has 0 radical (unpaired) electrons. The Morgan fingerprint density at radius 1 is 1.22 bits per heavy atom. The summed E-state index contributed by atoms with van der Waals surface area (Å²) in [5, 5.41) is 1.11. The average molecular weight is 312 g/mol. The van der Waals surface area contributed by atoms with Gasteiger partial charge >= 0.3 is 11.9 Å². The maximum atomic E-state index is 11.8. The lowest BCUT2D eigenvalue weighted by Gasteiger charge is -2.42. The number of carbonyl (C=O) groups excluding carboxylic acids is 2. The number of aromatic nitrogens is 1. The first-order chi connectivity index (χ1) is 11.2. The SMILES string of the molecule is O=C1ONC2CN(Cc3cccc4cccnc34)CCN2C1=O. The smallest absolute Gasteiger partial charge is 0.361 e. The first-order valence-corrected chi connectivity index (χ1v) is 7.54. The van der Waals surface area contributed by atoms with E-state index in [9.17, 15) is 9.59 Å². The molecule has 1 atom stereocenters. The molecule has 1 amide bonds. The average Bonchev–Trinajstić information content (AvgIpc) is 2.59. The lowest BCUT2D eigenvalue weighted by atomic mass is 10.1. The standard InChI is InChI=1S/C16H16N4O3/c21-15-16(22)23-18-13-10-19(7-8-20(13)15)9-12-4-1-3-11-5-2-6-17-14(11)12/h1-6,13,18H,7-10H2. The van der Waals surface area contributed by atoms with Gasteiger partial charge in [-0.1, -0.05) is 24.3 Å². The van der Waals surface area contributed by atoms with Crippen molar-refractivity contribution in [3.8, 4) is 0 Å². The summed E-state index contributed by atoms with van der Waals surface area (Å²) >= 11 is 0. The predicted octanol–water partition coefficient (Wildman–Crippen LogP) is 0.266. The van der Waals surface area contributed by atoms with Crippen molar-refractivity contribution in [3.63, 3.8) is 0 Å². The van der Waals surface area contributed by atoms with Gasteiger partial charge in [-0.2, -0.15) is 0 Å². The van der Waals surface area contributed by atoms with Crippen molar-refractivity contribution >= 4 is 22.8 Å². The maximum Gasteiger partial charge on any atom is 0.415 e. The zero-order chi connectivity index (χ0) is 15.8. The van der Waals surface area contributed by atoms with E-state index in [4.69, 9.17) is 4.84 Å². The molecule has 0 aliphatic carbocycles. The monoisotopic (exact) mass is 312 g/mol. The molecule has 0 spiro atoms. The fourth-order valence-electron chi connectivity index (χ4n) is 3.15. The second-order valence-corrected chi connectivity index (χ2v) is 5.75. The summed E-state index contributed by atoms with van der Waals surface area (Å²) in [7, 11) is 0. The number of fused-ring (bicyclic) bond motifs is 2. The third-order valence-corrected chi connectivity index (χ3v) is 4.30. The molecule has 2 aromatic rings. The molecule has 2 aliphatic heterocycles. The maximum absolute atomic E-state index is 11.8. The first kappa shape index (κ1) is 14.1. The van der Waals surface area contributed by atoms with Crippen molar-refractivity contribution in [2.24, 2.45) is 0 Å². The Morgan fingerprint density at radius 2 is 2.09 bits per heavy atom. The molecule has 1 aromatic heterocycles. The number of pyridine rings is 1. The van der Waals surface area contributed by atoms with Crippen LogP contribution in [0.3, 0.4) is 0 Å². The van der Waals surface area contributed by atoms with E-state index in [0.717, 1.165) is 23.0 Å². The zero-order valence-corrected chi connectivity index (χ0v) is 12.4. The fraction of sp³-hybridized carbons (Fsp3) is 0.312. The Labute approximate surface area is 132 Å². The van der Waals surface area contributed by atoms with Crippen LogP contribution in [0.5, 0.6) is 0 Å². The molecule has 7 nitrogen and oxygen atoms in total. The molecule has 4 rings (SSSR count). The van der Waals surface area contributed by atoms with Crippen molar-refractivity contribution in [3.05, 3.63) is 42.1 Å². The number of nitrogens with one attached hydrogen (secondary N) is 1. The summed E-state index contributed by atoms with van der Waals surface area (Å²) in [6, 6.07) is 10.1. The Balaban J connectivity index is 1.52. The Bertz CT molecular complexity index is 774. The van der Waals surface area contributed by atoms with Crippen molar-refractivity contribution < 1.29 is 14.4 Å². The van der Waals surface area contributed by atoms with Crippen molar-refractivity contribution in [1.82, 2.24) is 20.3 Å². The topological polar surface area (TPSA) is 74.8 Å². The number of benzene rings is 1. The van der Waals surface area contributed by atoms with Crippen LogP contribution in [0.4, 0.5) is 0 Å². The lowest BCUT2D eigenvalue weighted by molar-refractivity contribution is -0.186. The molecule has 2 aliphatic rings. The molecule has 2 saturated heterocycles. The van der Waals surface area contributed by atoms with Gasteiger partial charge in [-0.25, -0.2) is 4.79 Å².